The molecule has 3 aromatic carbocycles. The first-order chi connectivity index (χ1) is 16.7. The first kappa shape index (κ1) is 26.1. The lowest BCUT2D eigenvalue weighted by Crippen LogP contribution is -2.13. The molecule has 1 heterocycles. The van der Waals surface area contributed by atoms with E-state index in [1.807, 2.05) is 12.1 Å². The fourth-order valence-electron chi connectivity index (χ4n) is 3.19. The SMILES string of the molecule is O=C(Nc1nn(Cc2ccc(Cl)c(Cl)c2)cc1Br)c1cccc(COc2c(Cl)cc(Cl)cc2Cl)c1. The number of halogens is 6. The van der Waals surface area contributed by atoms with Crippen LogP contribution in [-0.4, -0.2) is 15.7 Å². The molecule has 1 aromatic heterocycles. The van der Waals surface area contributed by atoms with Gasteiger partial charge in [-0.3, -0.25) is 9.48 Å². The van der Waals surface area contributed by atoms with E-state index >= 15 is 0 Å². The molecule has 0 spiro atoms. The van der Waals surface area contributed by atoms with Crippen molar-refractivity contribution < 1.29 is 9.53 Å². The highest BCUT2D eigenvalue weighted by atomic mass is 79.9. The van der Waals surface area contributed by atoms with Gasteiger partial charge >= 0.3 is 0 Å². The van der Waals surface area contributed by atoms with E-state index in [0.29, 0.717) is 53.3 Å². The van der Waals surface area contributed by atoms with Crippen LogP contribution < -0.4 is 10.1 Å². The third-order valence-electron chi connectivity index (χ3n) is 4.81. The number of anilines is 1. The summed E-state index contributed by atoms with van der Waals surface area (Å²) < 4.78 is 8.08. The van der Waals surface area contributed by atoms with Crippen LogP contribution in [0.1, 0.15) is 21.5 Å². The molecule has 4 aromatic rings. The van der Waals surface area contributed by atoms with Gasteiger partial charge in [0.1, 0.15) is 6.61 Å². The van der Waals surface area contributed by atoms with Gasteiger partial charge in [-0.05, 0) is 63.5 Å². The van der Waals surface area contributed by atoms with Crippen LogP contribution in [0.4, 0.5) is 5.82 Å². The quantitative estimate of drug-likeness (QED) is 0.221. The molecular weight excluding hydrogens is 619 g/mol. The predicted octanol–water partition coefficient (Wildman–Crippen LogP) is 8.79. The molecule has 0 aliphatic rings. The summed E-state index contributed by atoms with van der Waals surface area (Å²) in [5.74, 6) is 0.385. The fraction of sp³-hybridized carbons (Fsp3) is 0.0833. The average molecular weight is 635 g/mol. The van der Waals surface area contributed by atoms with E-state index in [-0.39, 0.29) is 12.5 Å². The molecule has 11 heteroatoms. The van der Waals surface area contributed by atoms with Gasteiger partial charge in [-0.2, -0.15) is 5.10 Å². The number of aromatic nitrogens is 2. The second-order valence-corrected chi connectivity index (χ2v) is 10.3. The Bertz CT molecular complexity index is 1390. The molecule has 0 aliphatic heterocycles. The number of nitrogens with zero attached hydrogens (tertiary/aromatic N) is 2. The molecule has 1 N–H and O–H groups in total. The van der Waals surface area contributed by atoms with Gasteiger partial charge in [0, 0.05) is 16.8 Å². The van der Waals surface area contributed by atoms with Crippen LogP contribution in [0.15, 0.2) is 65.3 Å². The summed E-state index contributed by atoms with van der Waals surface area (Å²) >= 11 is 33.8. The van der Waals surface area contributed by atoms with Crippen LogP contribution in [0.3, 0.4) is 0 Å². The van der Waals surface area contributed by atoms with Gasteiger partial charge in [-0.15, -0.1) is 0 Å². The van der Waals surface area contributed by atoms with Crippen molar-refractivity contribution in [2.45, 2.75) is 13.2 Å². The van der Waals surface area contributed by atoms with E-state index in [4.69, 9.17) is 62.7 Å². The van der Waals surface area contributed by atoms with Gasteiger partial charge in [0.25, 0.3) is 5.91 Å². The van der Waals surface area contributed by atoms with Gasteiger partial charge in [0.05, 0.1) is 31.1 Å². The van der Waals surface area contributed by atoms with Crippen molar-refractivity contribution in [1.82, 2.24) is 9.78 Å². The van der Waals surface area contributed by atoms with E-state index in [1.165, 1.54) is 0 Å². The van der Waals surface area contributed by atoms with Crippen molar-refractivity contribution in [2.24, 2.45) is 0 Å². The summed E-state index contributed by atoms with van der Waals surface area (Å²) in [6.45, 7) is 0.609. The average Bonchev–Trinajstić information content (AvgIpc) is 3.14. The van der Waals surface area contributed by atoms with Crippen molar-refractivity contribution >= 4 is 85.7 Å². The number of rotatable bonds is 7. The Morgan fingerprint density at radius 1 is 0.914 bits per heavy atom. The molecule has 0 saturated heterocycles. The molecule has 35 heavy (non-hydrogen) atoms. The molecule has 0 bridgehead atoms. The van der Waals surface area contributed by atoms with E-state index in [2.05, 4.69) is 26.3 Å². The number of hydrogen-bond acceptors (Lipinski definition) is 3. The third-order valence-corrected chi connectivity index (χ3v) is 6.91. The zero-order valence-corrected chi connectivity index (χ0v) is 23.0. The molecule has 0 radical (unpaired) electrons. The number of nitrogens with one attached hydrogen (secondary N) is 1. The number of amides is 1. The summed E-state index contributed by atoms with van der Waals surface area (Å²) in [6.07, 6.45) is 1.77. The van der Waals surface area contributed by atoms with Crippen LogP contribution in [0.25, 0.3) is 0 Å². The summed E-state index contributed by atoms with van der Waals surface area (Å²) in [7, 11) is 0. The van der Waals surface area contributed by atoms with E-state index in [9.17, 15) is 4.79 Å². The minimum absolute atomic E-state index is 0.157. The number of benzene rings is 3. The molecule has 5 nitrogen and oxygen atoms in total. The maximum Gasteiger partial charge on any atom is 0.256 e. The lowest BCUT2D eigenvalue weighted by Gasteiger charge is -2.11. The van der Waals surface area contributed by atoms with Gasteiger partial charge in [0.15, 0.2) is 11.6 Å². The third kappa shape index (κ3) is 6.64. The molecule has 0 fully saturated rings. The number of carbonyl (C=O) groups excluding carboxylic acids is 1. The summed E-state index contributed by atoms with van der Waals surface area (Å²) in [6, 6.07) is 15.5. The second-order valence-electron chi connectivity index (χ2n) is 7.41. The summed E-state index contributed by atoms with van der Waals surface area (Å²) in [4.78, 5) is 12.9. The Morgan fingerprint density at radius 3 is 2.37 bits per heavy atom. The first-order valence-electron chi connectivity index (χ1n) is 10.0. The topological polar surface area (TPSA) is 56.2 Å². The normalized spacial score (nSPS) is 10.9. The van der Waals surface area contributed by atoms with Crippen molar-refractivity contribution in [3.63, 3.8) is 0 Å². The highest BCUT2D eigenvalue weighted by Gasteiger charge is 2.14. The standard InChI is InChI=1S/C24H15BrCl5N3O2/c25-17-11-33(10-13-4-5-18(27)19(28)7-13)32-23(17)31-24(34)15-3-1-2-14(6-15)12-35-22-20(29)8-16(26)9-21(22)30/h1-9,11H,10,12H2,(H,31,32,34). The maximum atomic E-state index is 12.9. The van der Waals surface area contributed by atoms with Gasteiger partial charge in [-0.1, -0.05) is 76.2 Å². The minimum atomic E-state index is -0.324. The number of ether oxygens (including phenoxy) is 1. The van der Waals surface area contributed by atoms with Crippen LogP contribution in [0, 0.1) is 0 Å². The summed E-state index contributed by atoms with van der Waals surface area (Å²) in [5.41, 5.74) is 2.11. The van der Waals surface area contributed by atoms with E-state index in [0.717, 1.165) is 11.1 Å². The highest BCUT2D eigenvalue weighted by Crippen LogP contribution is 2.36. The van der Waals surface area contributed by atoms with Gasteiger partial charge in [0.2, 0.25) is 0 Å². The number of hydrogen-bond donors (Lipinski definition) is 1. The van der Waals surface area contributed by atoms with Crippen molar-refractivity contribution in [3.05, 3.63) is 107 Å². The number of carbonyl (C=O) groups is 1. The zero-order chi connectivity index (χ0) is 25.1. The Morgan fingerprint density at radius 2 is 1.66 bits per heavy atom. The Kier molecular flexibility index (Phi) is 8.53. The molecule has 0 aliphatic carbocycles. The van der Waals surface area contributed by atoms with Crippen LogP contribution >= 0.6 is 73.9 Å². The van der Waals surface area contributed by atoms with Gasteiger partial charge in [-0.25, -0.2) is 0 Å². The van der Waals surface area contributed by atoms with Crippen molar-refractivity contribution in [2.75, 3.05) is 5.32 Å². The van der Waals surface area contributed by atoms with Crippen LogP contribution in [0.5, 0.6) is 5.75 Å². The molecular formula is C24H15BrCl5N3O2. The van der Waals surface area contributed by atoms with Crippen LogP contribution in [-0.2, 0) is 13.2 Å². The minimum Gasteiger partial charge on any atom is -0.486 e. The fourth-order valence-corrected chi connectivity index (χ4v) is 4.85. The molecule has 0 atom stereocenters. The Labute approximate surface area is 235 Å². The molecule has 0 unspecified atom stereocenters. The highest BCUT2D eigenvalue weighted by molar-refractivity contribution is 9.10. The lowest BCUT2D eigenvalue weighted by molar-refractivity contribution is 0.102. The second kappa shape index (κ2) is 11.4. The largest absolute Gasteiger partial charge is 0.486 e. The monoisotopic (exact) mass is 631 g/mol. The zero-order valence-electron chi connectivity index (χ0n) is 17.7. The molecule has 4 rings (SSSR count). The summed E-state index contributed by atoms with van der Waals surface area (Å²) in [5, 5.41) is 9.23. The lowest BCUT2D eigenvalue weighted by atomic mass is 10.1. The van der Waals surface area contributed by atoms with Crippen molar-refractivity contribution in [1.29, 1.82) is 0 Å². The smallest absolute Gasteiger partial charge is 0.256 e. The Hall–Kier alpha value is -1.93. The van der Waals surface area contributed by atoms with Crippen molar-refractivity contribution in [3.8, 4) is 5.75 Å². The molecule has 0 saturated carbocycles. The molecule has 180 valence electrons. The predicted molar refractivity (Wildman–Crippen MR) is 146 cm³/mol. The first-order valence-corrected chi connectivity index (χ1v) is 12.7. The van der Waals surface area contributed by atoms with E-state index < -0.39 is 0 Å². The Balaban J connectivity index is 1.43. The van der Waals surface area contributed by atoms with Crippen LogP contribution in [0.2, 0.25) is 25.1 Å². The van der Waals surface area contributed by atoms with Gasteiger partial charge < -0.3 is 10.1 Å². The maximum absolute atomic E-state index is 12.9. The molecule has 1 amide bonds. The van der Waals surface area contributed by atoms with E-state index in [1.54, 1.807) is 53.3 Å².